The van der Waals surface area contributed by atoms with Gasteiger partial charge in [-0.2, -0.15) is 0 Å². The molecule has 1 aliphatic rings. The van der Waals surface area contributed by atoms with Crippen molar-refractivity contribution in [2.75, 3.05) is 13.2 Å². The number of hydrogen-bond donors (Lipinski definition) is 2. The van der Waals surface area contributed by atoms with Crippen LogP contribution in [0.2, 0.25) is 5.02 Å². The van der Waals surface area contributed by atoms with E-state index in [-0.39, 0.29) is 18.0 Å². The van der Waals surface area contributed by atoms with Crippen molar-refractivity contribution in [3.05, 3.63) is 81.9 Å². The van der Waals surface area contributed by atoms with Crippen molar-refractivity contribution in [1.29, 1.82) is 0 Å². The molecule has 2 N–H and O–H groups in total. The normalized spacial score (nSPS) is 12.1. The fraction of sp³-hybridized carbons (Fsp3) is 0.231. The Bertz CT molecular complexity index is 1210. The summed E-state index contributed by atoms with van der Waals surface area (Å²) in [5.74, 6) is 0.118. The van der Waals surface area contributed by atoms with E-state index in [1.54, 1.807) is 36.4 Å². The Morgan fingerprint density at radius 2 is 1.97 bits per heavy atom. The molecular weight excluding hydrogens is 442 g/mol. The molecule has 0 saturated heterocycles. The van der Waals surface area contributed by atoms with Gasteiger partial charge < -0.3 is 19.9 Å². The first-order chi connectivity index (χ1) is 16.0. The number of fused-ring (bicyclic) bond motifs is 1. The molecule has 0 bridgehead atoms. The highest BCUT2D eigenvalue weighted by atomic mass is 35.5. The monoisotopic (exact) mass is 465 g/mol. The maximum absolute atomic E-state index is 12.8. The van der Waals surface area contributed by atoms with E-state index in [0.717, 1.165) is 40.8 Å². The molecule has 0 radical (unpaired) electrons. The lowest BCUT2D eigenvalue weighted by Crippen LogP contribution is -2.23. The van der Waals surface area contributed by atoms with Crippen LogP contribution in [0, 0.1) is 0 Å². The van der Waals surface area contributed by atoms with E-state index in [4.69, 9.17) is 21.1 Å². The van der Waals surface area contributed by atoms with E-state index in [1.807, 2.05) is 25.1 Å². The molecular formula is C26H24ClNO5. The van der Waals surface area contributed by atoms with Gasteiger partial charge >= 0.3 is 5.97 Å². The van der Waals surface area contributed by atoms with Gasteiger partial charge in [-0.3, -0.25) is 4.79 Å². The molecule has 0 saturated carbocycles. The van der Waals surface area contributed by atoms with Gasteiger partial charge in [0.15, 0.2) is 0 Å². The van der Waals surface area contributed by atoms with Crippen LogP contribution in [-0.2, 0) is 13.0 Å². The molecule has 3 aromatic carbocycles. The van der Waals surface area contributed by atoms with Gasteiger partial charge in [-0.1, -0.05) is 30.7 Å². The first kappa shape index (κ1) is 22.7. The molecule has 1 aliphatic heterocycles. The average Bonchev–Trinajstić information content (AvgIpc) is 3.30. The lowest BCUT2D eigenvalue weighted by atomic mass is 9.97. The molecule has 0 unspecified atom stereocenters. The summed E-state index contributed by atoms with van der Waals surface area (Å²) in [5.41, 5.74) is 4.12. The van der Waals surface area contributed by atoms with Crippen LogP contribution in [0.4, 0.5) is 0 Å². The first-order valence-corrected chi connectivity index (χ1v) is 11.2. The van der Waals surface area contributed by atoms with Crippen LogP contribution < -0.4 is 14.8 Å². The van der Waals surface area contributed by atoms with Crippen molar-refractivity contribution in [1.82, 2.24) is 5.32 Å². The Hall–Kier alpha value is -3.51. The van der Waals surface area contributed by atoms with Crippen molar-refractivity contribution >= 4 is 23.5 Å². The highest BCUT2D eigenvalue weighted by molar-refractivity contribution is 6.34. The Labute approximate surface area is 197 Å². The Morgan fingerprint density at radius 3 is 2.73 bits per heavy atom. The number of carboxylic acids is 1. The van der Waals surface area contributed by atoms with Gasteiger partial charge in [-0.15, -0.1) is 0 Å². The predicted octanol–water partition coefficient (Wildman–Crippen LogP) is 5.36. The fourth-order valence-electron chi connectivity index (χ4n) is 3.78. The van der Waals surface area contributed by atoms with Crippen molar-refractivity contribution in [2.24, 2.45) is 0 Å². The first-order valence-electron chi connectivity index (χ1n) is 10.8. The molecule has 4 rings (SSSR count). The van der Waals surface area contributed by atoms with Crippen LogP contribution >= 0.6 is 11.6 Å². The largest absolute Gasteiger partial charge is 0.494 e. The van der Waals surface area contributed by atoms with E-state index in [1.165, 1.54) is 0 Å². The van der Waals surface area contributed by atoms with Gasteiger partial charge in [-0.05, 0) is 65.6 Å². The molecule has 0 aliphatic carbocycles. The highest BCUT2D eigenvalue weighted by Crippen LogP contribution is 2.35. The molecule has 33 heavy (non-hydrogen) atoms. The van der Waals surface area contributed by atoms with E-state index < -0.39 is 5.97 Å². The van der Waals surface area contributed by atoms with Crippen molar-refractivity contribution < 1.29 is 24.2 Å². The summed E-state index contributed by atoms with van der Waals surface area (Å²) >= 11 is 6.31. The Kier molecular flexibility index (Phi) is 6.84. The van der Waals surface area contributed by atoms with Crippen LogP contribution in [-0.4, -0.2) is 30.2 Å². The van der Waals surface area contributed by atoms with E-state index >= 15 is 0 Å². The van der Waals surface area contributed by atoms with Crippen molar-refractivity contribution in [3.8, 4) is 22.6 Å². The third-order valence-electron chi connectivity index (χ3n) is 5.40. The standard InChI is InChI=1S/C26H24ClNO5/c1-2-9-32-21-6-7-22(23(27)14-21)25(29)28-15-20-13-19(12-17-8-10-33-24(17)20)16-4-3-5-18(11-16)26(30)31/h3-7,11-14H,2,8-10,15H2,1H3,(H,28,29)(H,30,31). The molecule has 3 aromatic rings. The van der Waals surface area contributed by atoms with Crippen LogP contribution in [0.5, 0.6) is 11.5 Å². The summed E-state index contributed by atoms with van der Waals surface area (Å²) in [6.45, 7) is 3.42. The maximum atomic E-state index is 12.8. The number of carbonyl (C=O) groups is 2. The molecule has 1 heterocycles. The number of carboxylic acid groups (broad SMARTS) is 1. The molecule has 0 spiro atoms. The van der Waals surface area contributed by atoms with Gasteiger partial charge in [0.1, 0.15) is 11.5 Å². The summed E-state index contributed by atoms with van der Waals surface area (Å²) in [5, 5.41) is 12.6. The summed E-state index contributed by atoms with van der Waals surface area (Å²) in [7, 11) is 0. The van der Waals surface area contributed by atoms with Crippen LogP contribution in [0.15, 0.2) is 54.6 Å². The van der Waals surface area contributed by atoms with Crippen molar-refractivity contribution in [3.63, 3.8) is 0 Å². The number of aromatic carboxylic acids is 1. The topological polar surface area (TPSA) is 84.9 Å². The molecule has 170 valence electrons. The average molecular weight is 466 g/mol. The summed E-state index contributed by atoms with van der Waals surface area (Å²) < 4.78 is 11.4. The third kappa shape index (κ3) is 5.12. The molecule has 0 fully saturated rings. The highest BCUT2D eigenvalue weighted by Gasteiger charge is 2.20. The summed E-state index contributed by atoms with van der Waals surface area (Å²) in [4.78, 5) is 24.2. The molecule has 6 nitrogen and oxygen atoms in total. The van der Waals surface area contributed by atoms with Crippen LogP contribution in [0.1, 0.15) is 45.2 Å². The van der Waals surface area contributed by atoms with Crippen LogP contribution in [0.25, 0.3) is 11.1 Å². The van der Waals surface area contributed by atoms with Gasteiger partial charge in [0.25, 0.3) is 5.91 Å². The Morgan fingerprint density at radius 1 is 1.12 bits per heavy atom. The Balaban J connectivity index is 1.56. The van der Waals surface area contributed by atoms with Crippen LogP contribution in [0.3, 0.4) is 0 Å². The molecule has 0 aromatic heterocycles. The van der Waals surface area contributed by atoms with E-state index in [2.05, 4.69) is 5.32 Å². The predicted molar refractivity (Wildman–Crippen MR) is 126 cm³/mol. The number of hydrogen-bond acceptors (Lipinski definition) is 4. The number of amides is 1. The third-order valence-corrected chi connectivity index (χ3v) is 5.71. The molecule has 7 heteroatoms. The zero-order valence-electron chi connectivity index (χ0n) is 18.2. The lowest BCUT2D eigenvalue weighted by molar-refractivity contribution is 0.0696. The van der Waals surface area contributed by atoms with Gasteiger partial charge in [0.05, 0.1) is 29.4 Å². The van der Waals surface area contributed by atoms with E-state index in [9.17, 15) is 14.7 Å². The summed E-state index contributed by atoms with van der Waals surface area (Å²) in [6, 6.07) is 15.8. The fourth-order valence-corrected chi connectivity index (χ4v) is 4.04. The number of benzene rings is 3. The minimum absolute atomic E-state index is 0.222. The molecule has 0 atom stereocenters. The molecule has 1 amide bonds. The second-order valence-electron chi connectivity index (χ2n) is 7.78. The number of carbonyl (C=O) groups excluding carboxylic acids is 1. The number of nitrogens with one attached hydrogen (secondary N) is 1. The minimum Gasteiger partial charge on any atom is -0.494 e. The zero-order valence-corrected chi connectivity index (χ0v) is 18.9. The number of halogens is 1. The summed E-state index contributed by atoms with van der Waals surface area (Å²) in [6.07, 6.45) is 1.64. The number of ether oxygens (including phenoxy) is 2. The SMILES string of the molecule is CCCOc1ccc(C(=O)NCc2cc(-c3cccc(C(=O)O)c3)cc3c2OCC3)c(Cl)c1. The van der Waals surface area contributed by atoms with Gasteiger partial charge in [0.2, 0.25) is 0 Å². The van der Waals surface area contributed by atoms with Gasteiger partial charge in [0, 0.05) is 18.5 Å². The second kappa shape index (κ2) is 9.96. The van der Waals surface area contributed by atoms with Crippen molar-refractivity contribution in [2.45, 2.75) is 26.3 Å². The van der Waals surface area contributed by atoms with Gasteiger partial charge in [-0.25, -0.2) is 4.79 Å². The minimum atomic E-state index is -0.975. The zero-order chi connectivity index (χ0) is 23.4. The van der Waals surface area contributed by atoms with E-state index in [0.29, 0.717) is 29.5 Å². The lowest BCUT2D eigenvalue weighted by Gasteiger charge is -2.14. The number of rotatable bonds is 8. The second-order valence-corrected chi connectivity index (χ2v) is 8.19. The smallest absolute Gasteiger partial charge is 0.335 e. The maximum Gasteiger partial charge on any atom is 0.335 e. The quantitative estimate of drug-likeness (QED) is 0.468.